The molecule has 3 rings (SSSR count). The summed E-state index contributed by atoms with van der Waals surface area (Å²) in [5.74, 6) is 0.665. The molecule has 1 aliphatic heterocycles. The van der Waals surface area contributed by atoms with Crippen LogP contribution >= 0.6 is 0 Å². The number of nitrogens with zero attached hydrogens (tertiary/aromatic N) is 3. The first-order valence-corrected chi connectivity index (χ1v) is 11.1. The highest BCUT2D eigenvalue weighted by Gasteiger charge is 2.29. The van der Waals surface area contributed by atoms with Crippen LogP contribution < -0.4 is 10.1 Å². The topological polar surface area (TPSA) is 115 Å². The van der Waals surface area contributed by atoms with Gasteiger partial charge in [0, 0.05) is 6.04 Å². The first-order valence-electron chi connectivity index (χ1n) is 9.25. The van der Waals surface area contributed by atoms with Gasteiger partial charge in [-0.25, -0.2) is 12.8 Å². The SMILES string of the molecule is CCN(CC(=O)N[C@@H]1CCS(=O)(=O)C1)Cc1nc(COc2ccc(F)cc2)no1. The summed E-state index contributed by atoms with van der Waals surface area (Å²) >= 11 is 0. The zero-order chi connectivity index (χ0) is 20.9. The van der Waals surface area contributed by atoms with Gasteiger partial charge in [-0.05, 0) is 37.2 Å². The monoisotopic (exact) mass is 426 g/mol. The number of rotatable bonds is 9. The van der Waals surface area contributed by atoms with Crippen LogP contribution in [0, 0.1) is 5.82 Å². The van der Waals surface area contributed by atoms with Crippen molar-refractivity contribution in [3.63, 3.8) is 0 Å². The molecule has 1 saturated heterocycles. The third-order valence-corrected chi connectivity index (χ3v) is 6.23. The van der Waals surface area contributed by atoms with E-state index in [-0.39, 0.29) is 49.0 Å². The van der Waals surface area contributed by atoms with Gasteiger partial charge >= 0.3 is 0 Å². The van der Waals surface area contributed by atoms with Gasteiger partial charge in [-0.1, -0.05) is 12.1 Å². The van der Waals surface area contributed by atoms with Crippen molar-refractivity contribution in [1.82, 2.24) is 20.4 Å². The third kappa shape index (κ3) is 6.50. The molecule has 0 radical (unpaired) electrons. The van der Waals surface area contributed by atoms with Crippen LogP contribution in [-0.4, -0.2) is 60.0 Å². The molecule has 0 saturated carbocycles. The largest absolute Gasteiger partial charge is 0.485 e. The van der Waals surface area contributed by atoms with E-state index in [1.54, 1.807) is 4.90 Å². The Kier molecular flexibility index (Phi) is 6.80. The molecule has 1 aromatic heterocycles. The predicted octanol–water partition coefficient (Wildman–Crippen LogP) is 0.913. The van der Waals surface area contributed by atoms with Crippen LogP contribution in [0.25, 0.3) is 0 Å². The van der Waals surface area contributed by atoms with E-state index >= 15 is 0 Å². The summed E-state index contributed by atoms with van der Waals surface area (Å²) < 4.78 is 46.5. The predicted molar refractivity (Wildman–Crippen MR) is 101 cm³/mol. The van der Waals surface area contributed by atoms with Crippen molar-refractivity contribution in [3.05, 3.63) is 41.8 Å². The summed E-state index contributed by atoms with van der Waals surface area (Å²) in [4.78, 5) is 18.2. The molecule has 11 heteroatoms. The van der Waals surface area contributed by atoms with Crippen molar-refractivity contribution >= 4 is 15.7 Å². The Morgan fingerprint density at radius 3 is 2.79 bits per heavy atom. The molecule has 9 nitrogen and oxygen atoms in total. The fraction of sp³-hybridized carbons (Fsp3) is 0.500. The van der Waals surface area contributed by atoms with Gasteiger partial charge in [0.25, 0.3) is 0 Å². The Morgan fingerprint density at radius 2 is 2.14 bits per heavy atom. The number of hydrogen-bond donors (Lipinski definition) is 1. The number of nitrogens with one attached hydrogen (secondary N) is 1. The number of hydrogen-bond acceptors (Lipinski definition) is 8. The summed E-state index contributed by atoms with van der Waals surface area (Å²) in [5, 5.41) is 6.59. The number of carbonyl (C=O) groups is 1. The Bertz CT molecular complexity index is 932. The first-order chi connectivity index (χ1) is 13.8. The molecule has 0 bridgehead atoms. The quantitative estimate of drug-likeness (QED) is 0.629. The van der Waals surface area contributed by atoms with E-state index in [4.69, 9.17) is 9.26 Å². The van der Waals surface area contributed by atoms with Crippen molar-refractivity contribution in [2.24, 2.45) is 0 Å². The smallest absolute Gasteiger partial charge is 0.240 e. The molecule has 2 aromatic rings. The summed E-state index contributed by atoms with van der Waals surface area (Å²) in [5.41, 5.74) is 0. The summed E-state index contributed by atoms with van der Waals surface area (Å²) in [6.45, 7) is 2.90. The summed E-state index contributed by atoms with van der Waals surface area (Å²) in [6, 6.07) is 5.27. The number of likely N-dealkylation sites (N-methyl/N-ethyl adjacent to an activating group) is 1. The number of aromatic nitrogens is 2. The van der Waals surface area contributed by atoms with E-state index in [1.807, 2.05) is 6.92 Å². The summed E-state index contributed by atoms with van der Waals surface area (Å²) in [7, 11) is -3.04. The third-order valence-electron chi connectivity index (χ3n) is 4.46. The van der Waals surface area contributed by atoms with Gasteiger partial charge in [-0.15, -0.1) is 0 Å². The van der Waals surface area contributed by atoms with E-state index in [2.05, 4.69) is 15.5 Å². The van der Waals surface area contributed by atoms with Crippen molar-refractivity contribution in [2.45, 2.75) is 32.5 Å². The van der Waals surface area contributed by atoms with E-state index < -0.39 is 9.84 Å². The Labute approximate surface area is 168 Å². The van der Waals surface area contributed by atoms with Crippen molar-refractivity contribution < 1.29 is 26.9 Å². The molecule has 1 amide bonds. The minimum Gasteiger partial charge on any atom is -0.485 e. The molecular weight excluding hydrogens is 403 g/mol. The second kappa shape index (κ2) is 9.31. The molecule has 1 N–H and O–H groups in total. The molecular formula is C18H23FN4O5S. The molecule has 1 aromatic carbocycles. The summed E-state index contributed by atoms with van der Waals surface area (Å²) in [6.07, 6.45) is 0.446. The standard InChI is InChI=1S/C18H23FN4O5S/c1-2-23(9-17(24)20-14-7-8-29(25,26)12-14)10-18-21-16(22-28-18)11-27-15-5-3-13(19)4-6-15/h3-6,14H,2,7-12H2,1H3,(H,20,24)/t14-/m1/s1. The maximum absolute atomic E-state index is 12.9. The van der Waals surface area contributed by atoms with Crippen LogP contribution in [-0.2, 0) is 27.8 Å². The number of halogens is 1. The lowest BCUT2D eigenvalue weighted by Gasteiger charge is -2.19. The second-order valence-corrected chi connectivity index (χ2v) is 9.05. The average Bonchev–Trinajstić information content (AvgIpc) is 3.26. The minimum absolute atomic E-state index is 0.00800. The lowest BCUT2D eigenvalue weighted by molar-refractivity contribution is -0.122. The second-order valence-electron chi connectivity index (χ2n) is 6.82. The van der Waals surface area contributed by atoms with Gasteiger partial charge in [0.2, 0.25) is 17.6 Å². The number of sulfone groups is 1. The van der Waals surface area contributed by atoms with Gasteiger partial charge in [0.15, 0.2) is 16.4 Å². The van der Waals surface area contributed by atoms with E-state index in [0.29, 0.717) is 30.4 Å². The highest BCUT2D eigenvalue weighted by molar-refractivity contribution is 7.91. The highest BCUT2D eigenvalue weighted by atomic mass is 32.2. The van der Waals surface area contributed by atoms with Crippen LogP contribution in [0.5, 0.6) is 5.75 Å². The normalized spacial score (nSPS) is 18.1. The molecule has 0 aliphatic carbocycles. The van der Waals surface area contributed by atoms with Gasteiger partial charge in [-0.2, -0.15) is 4.98 Å². The van der Waals surface area contributed by atoms with Crippen LogP contribution in [0.4, 0.5) is 4.39 Å². The van der Waals surface area contributed by atoms with E-state index in [9.17, 15) is 17.6 Å². The Hall–Kier alpha value is -2.53. The van der Waals surface area contributed by atoms with Crippen molar-refractivity contribution in [2.75, 3.05) is 24.6 Å². The van der Waals surface area contributed by atoms with Crippen LogP contribution in [0.1, 0.15) is 25.1 Å². The van der Waals surface area contributed by atoms with Crippen LogP contribution in [0.2, 0.25) is 0 Å². The lowest BCUT2D eigenvalue weighted by atomic mass is 10.2. The maximum atomic E-state index is 12.9. The Morgan fingerprint density at radius 1 is 1.38 bits per heavy atom. The molecule has 1 fully saturated rings. The first kappa shape index (κ1) is 21.2. The van der Waals surface area contributed by atoms with Gasteiger partial charge in [0.1, 0.15) is 11.6 Å². The minimum atomic E-state index is -3.04. The average molecular weight is 426 g/mol. The number of amides is 1. The number of benzene rings is 1. The maximum Gasteiger partial charge on any atom is 0.240 e. The van der Waals surface area contributed by atoms with Gasteiger partial charge in [0.05, 0.1) is 24.6 Å². The molecule has 1 atom stereocenters. The fourth-order valence-electron chi connectivity index (χ4n) is 2.95. The van der Waals surface area contributed by atoms with Crippen LogP contribution in [0.15, 0.2) is 28.8 Å². The van der Waals surface area contributed by atoms with E-state index in [0.717, 1.165) is 0 Å². The van der Waals surface area contributed by atoms with Crippen LogP contribution in [0.3, 0.4) is 0 Å². The molecule has 0 unspecified atom stereocenters. The molecule has 1 aliphatic rings. The number of ether oxygens (including phenoxy) is 1. The number of carbonyl (C=O) groups excluding carboxylic acids is 1. The molecule has 0 spiro atoms. The zero-order valence-corrected chi connectivity index (χ0v) is 16.8. The van der Waals surface area contributed by atoms with Crippen molar-refractivity contribution in [1.29, 1.82) is 0 Å². The van der Waals surface area contributed by atoms with Gasteiger partial charge < -0.3 is 14.6 Å². The molecule has 2 heterocycles. The van der Waals surface area contributed by atoms with Crippen molar-refractivity contribution in [3.8, 4) is 5.75 Å². The highest BCUT2D eigenvalue weighted by Crippen LogP contribution is 2.13. The Balaban J connectivity index is 1.46. The molecule has 158 valence electrons. The fourth-order valence-corrected chi connectivity index (χ4v) is 4.62. The lowest BCUT2D eigenvalue weighted by Crippen LogP contribution is -2.42. The van der Waals surface area contributed by atoms with Gasteiger partial charge in [-0.3, -0.25) is 9.69 Å². The zero-order valence-electron chi connectivity index (χ0n) is 16.0. The molecule has 29 heavy (non-hydrogen) atoms. The van der Waals surface area contributed by atoms with E-state index in [1.165, 1.54) is 24.3 Å².